The Balaban J connectivity index is 2.19. The van der Waals surface area contributed by atoms with E-state index in [2.05, 4.69) is 25.6 Å². The first kappa shape index (κ1) is 14.9. The lowest BCUT2D eigenvalue weighted by atomic mass is 10.1. The zero-order valence-corrected chi connectivity index (χ0v) is 12.8. The highest BCUT2D eigenvalue weighted by Gasteiger charge is 2.29. The SMILES string of the molecule is O=S(=O)(NC1CCCCCC1Br)c1ncccc1F. The Hall–Kier alpha value is -0.530. The van der Waals surface area contributed by atoms with Crippen molar-refractivity contribution in [2.45, 2.75) is 48.0 Å². The molecule has 0 spiro atoms. The van der Waals surface area contributed by atoms with Gasteiger partial charge in [0.2, 0.25) is 5.03 Å². The molecule has 2 atom stereocenters. The molecule has 0 aromatic carbocycles. The fourth-order valence-corrected chi connectivity index (χ4v) is 4.43. The Morgan fingerprint density at radius 2 is 2.05 bits per heavy atom. The van der Waals surface area contributed by atoms with Gasteiger partial charge < -0.3 is 0 Å². The molecule has 1 aliphatic rings. The van der Waals surface area contributed by atoms with Crippen LogP contribution in [0, 0.1) is 5.82 Å². The number of rotatable bonds is 3. The third kappa shape index (κ3) is 3.73. The summed E-state index contributed by atoms with van der Waals surface area (Å²) in [4.78, 5) is 3.70. The van der Waals surface area contributed by atoms with Crippen LogP contribution in [0.5, 0.6) is 0 Å². The molecular formula is C12H16BrFN2O2S. The fraction of sp³-hybridized carbons (Fsp3) is 0.583. The highest BCUT2D eigenvalue weighted by molar-refractivity contribution is 9.09. The molecule has 1 fully saturated rings. The summed E-state index contributed by atoms with van der Waals surface area (Å²) < 4.78 is 40.4. The van der Waals surface area contributed by atoms with E-state index in [1.54, 1.807) is 0 Å². The minimum Gasteiger partial charge on any atom is -0.241 e. The first-order valence-electron chi connectivity index (χ1n) is 6.27. The van der Waals surface area contributed by atoms with E-state index in [-0.39, 0.29) is 10.9 Å². The van der Waals surface area contributed by atoms with Crippen LogP contribution in [0.25, 0.3) is 0 Å². The van der Waals surface area contributed by atoms with Gasteiger partial charge in [-0.3, -0.25) is 0 Å². The van der Waals surface area contributed by atoms with E-state index in [0.29, 0.717) is 0 Å². The predicted molar refractivity (Wildman–Crippen MR) is 74.1 cm³/mol. The summed E-state index contributed by atoms with van der Waals surface area (Å²) in [6.07, 6.45) is 6.09. The van der Waals surface area contributed by atoms with Crippen molar-refractivity contribution >= 4 is 26.0 Å². The number of nitrogens with zero attached hydrogens (tertiary/aromatic N) is 1. The number of halogens is 2. The maximum Gasteiger partial charge on any atom is 0.261 e. The molecule has 0 amide bonds. The quantitative estimate of drug-likeness (QED) is 0.673. The summed E-state index contributed by atoms with van der Waals surface area (Å²) in [6, 6.07) is 2.25. The number of alkyl halides is 1. The van der Waals surface area contributed by atoms with E-state index in [0.717, 1.165) is 38.2 Å². The van der Waals surface area contributed by atoms with Crippen molar-refractivity contribution in [1.82, 2.24) is 9.71 Å². The van der Waals surface area contributed by atoms with Crippen LogP contribution < -0.4 is 4.72 Å². The molecule has 1 aromatic rings. The van der Waals surface area contributed by atoms with Gasteiger partial charge in [0, 0.05) is 17.1 Å². The van der Waals surface area contributed by atoms with E-state index in [4.69, 9.17) is 0 Å². The number of nitrogens with one attached hydrogen (secondary N) is 1. The lowest BCUT2D eigenvalue weighted by Gasteiger charge is -2.21. The Bertz CT molecular complexity index is 538. The molecule has 2 unspecified atom stereocenters. The van der Waals surface area contributed by atoms with E-state index in [1.165, 1.54) is 12.3 Å². The zero-order valence-electron chi connectivity index (χ0n) is 10.4. The molecule has 1 heterocycles. The van der Waals surface area contributed by atoms with Crippen LogP contribution in [0.4, 0.5) is 4.39 Å². The highest BCUT2D eigenvalue weighted by Crippen LogP contribution is 2.25. The highest BCUT2D eigenvalue weighted by atomic mass is 79.9. The minimum absolute atomic E-state index is 0.0801. The molecular weight excluding hydrogens is 335 g/mol. The molecule has 0 saturated heterocycles. The topological polar surface area (TPSA) is 59.1 Å². The zero-order chi connectivity index (χ0) is 13.9. The average Bonchev–Trinajstić information content (AvgIpc) is 2.55. The second-order valence-corrected chi connectivity index (χ2v) is 7.48. The van der Waals surface area contributed by atoms with Gasteiger partial charge in [0.05, 0.1) is 0 Å². The third-order valence-electron chi connectivity index (χ3n) is 3.22. The third-order valence-corrected chi connectivity index (χ3v) is 5.74. The van der Waals surface area contributed by atoms with Crippen LogP contribution in [0.1, 0.15) is 32.1 Å². The van der Waals surface area contributed by atoms with Crippen LogP contribution in [0.2, 0.25) is 0 Å². The van der Waals surface area contributed by atoms with Crippen LogP contribution in [0.3, 0.4) is 0 Å². The molecule has 7 heteroatoms. The number of hydrogen-bond donors (Lipinski definition) is 1. The number of aromatic nitrogens is 1. The smallest absolute Gasteiger partial charge is 0.241 e. The van der Waals surface area contributed by atoms with E-state index in [9.17, 15) is 12.8 Å². The lowest BCUT2D eigenvalue weighted by molar-refractivity contribution is 0.507. The van der Waals surface area contributed by atoms with Crippen molar-refractivity contribution in [3.63, 3.8) is 0 Å². The molecule has 1 aromatic heterocycles. The Morgan fingerprint density at radius 1 is 1.32 bits per heavy atom. The van der Waals surface area contributed by atoms with Gasteiger partial charge in [-0.25, -0.2) is 22.5 Å². The first-order valence-corrected chi connectivity index (χ1v) is 8.67. The van der Waals surface area contributed by atoms with Gasteiger partial charge in [-0.1, -0.05) is 35.2 Å². The Morgan fingerprint density at radius 3 is 2.79 bits per heavy atom. The molecule has 1 N–H and O–H groups in total. The lowest BCUT2D eigenvalue weighted by Crippen LogP contribution is -2.40. The average molecular weight is 351 g/mol. The molecule has 2 rings (SSSR count). The van der Waals surface area contributed by atoms with Crippen molar-refractivity contribution in [3.8, 4) is 0 Å². The molecule has 19 heavy (non-hydrogen) atoms. The number of hydrogen-bond acceptors (Lipinski definition) is 3. The summed E-state index contributed by atoms with van der Waals surface area (Å²) in [5.41, 5.74) is 0. The molecule has 0 bridgehead atoms. The molecule has 0 aliphatic heterocycles. The van der Waals surface area contributed by atoms with E-state index in [1.807, 2.05) is 0 Å². The summed E-state index contributed by atoms with van der Waals surface area (Å²) >= 11 is 3.51. The molecule has 106 valence electrons. The summed E-state index contributed by atoms with van der Waals surface area (Å²) in [5.74, 6) is -0.824. The van der Waals surface area contributed by atoms with Crippen molar-refractivity contribution in [2.24, 2.45) is 0 Å². The van der Waals surface area contributed by atoms with Crippen LogP contribution in [0.15, 0.2) is 23.4 Å². The predicted octanol–water partition coefficient (Wildman–Crippen LogP) is 2.60. The Labute approximate surface area is 121 Å². The van der Waals surface area contributed by atoms with Crippen molar-refractivity contribution in [3.05, 3.63) is 24.1 Å². The Kier molecular flexibility index (Phi) is 4.92. The van der Waals surface area contributed by atoms with Gasteiger partial charge >= 0.3 is 0 Å². The maximum atomic E-state index is 13.5. The molecule has 1 aliphatic carbocycles. The summed E-state index contributed by atoms with van der Waals surface area (Å²) in [5, 5.41) is -0.529. The van der Waals surface area contributed by atoms with Gasteiger partial charge in [-0.05, 0) is 25.0 Å². The van der Waals surface area contributed by atoms with Gasteiger partial charge in [0.25, 0.3) is 10.0 Å². The van der Waals surface area contributed by atoms with Crippen molar-refractivity contribution in [1.29, 1.82) is 0 Å². The normalized spacial score (nSPS) is 24.9. The molecule has 0 radical (unpaired) electrons. The first-order chi connectivity index (χ1) is 9.00. The molecule has 1 saturated carbocycles. The number of pyridine rings is 1. The summed E-state index contributed by atoms with van der Waals surface area (Å²) in [6.45, 7) is 0. The standard InChI is InChI=1S/C12H16BrFN2O2S/c13-9-5-2-1-3-7-11(9)16-19(17,18)12-10(14)6-4-8-15-12/h4,6,8-9,11,16H,1-3,5,7H2. The monoisotopic (exact) mass is 350 g/mol. The second kappa shape index (κ2) is 6.28. The molecule has 4 nitrogen and oxygen atoms in total. The van der Waals surface area contributed by atoms with Crippen LogP contribution in [-0.4, -0.2) is 24.3 Å². The van der Waals surface area contributed by atoms with Gasteiger partial charge in [-0.15, -0.1) is 0 Å². The maximum absolute atomic E-state index is 13.5. The van der Waals surface area contributed by atoms with Gasteiger partial charge in [0.15, 0.2) is 5.82 Å². The second-order valence-electron chi connectivity index (χ2n) is 4.67. The fourth-order valence-electron chi connectivity index (χ4n) is 2.22. The van der Waals surface area contributed by atoms with Crippen molar-refractivity contribution in [2.75, 3.05) is 0 Å². The summed E-state index contributed by atoms with van der Waals surface area (Å²) in [7, 11) is -3.91. The van der Waals surface area contributed by atoms with Gasteiger partial charge in [-0.2, -0.15) is 0 Å². The van der Waals surface area contributed by atoms with E-state index >= 15 is 0 Å². The van der Waals surface area contributed by atoms with E-state index < -0.39 is 20.9 Å². The van der Waals surface area contributed by atoms with Crippen molar-refractivity contribution < 1.29 is 12.8 Å². The van der Waals surface area contributed by atoms with Crippen LogP contribution in [-0.2, 0) is 10.0 Å². The van der Waals surface area contributed by atoms with Crippen LogP contribution >= 0.6 is 15.9 Å². The minimum atomic E-state index is -3.91. The number of sulfonamides is 1. The van der Waals surface area contributed by atoms with Gasteiger partial charge in [0.1, 0.15) is 0 Å². The largest absolute Gasteiger partial charge is 0.261 e.